The van der Waals surface area contributed by atoms with E-state index in [0.29, 0.717) is 5.57 Å². The second kappa shape index (κ2) is 4.64. The minimum absolute atomic E-state index is 0.0517. The molecule has 0 radical (unpaired) electrons. The Balaban J connectivity index is 2.29. The first-order valence-electron chi connectivity index (χ1n) is 5.82. The molecule has 0 spiro atoms. The number of hydrogen-bond acceptors (Lipinski definition) is 3. The van der Waals surface area contributed by atoms with E-state index in [9.17, 15) is 4.79 Å². The summed E-state index contributed by atoms with van der Waals surface area (Å²) >= 11 is 0. The summed E-state index contributed by atoms with van der Waals surface area (Å²) < 4.78 is 0. The minimum Gasteiger partial charge on any atom is -0.378 e. The Hall–Kier alpha value is -2.10. The van der Waals surface area contributed by atoms with Crippen LogP contribution >= 0.6 is 0 Å². The summed E-state index contributed by atoms with van der Waals surface area (Å²) in [6.07, 6.45) is 1.88. The van der Waals surface area contributed by atoms with E-state index in [2.05, 4.69) is 5.10 Å². The summed E-state index contributed by atoms with van der Waals surface area (Å²) in [5, 5.41) is 5.49. The normalized spacial score (nSPS) is 17.3. The first-order chi connectivity index (χ1) is 8.49. The Bertz CT molecular complexity index is 526. The zero-order valence-electron chi connectivity index (χ0n) is 11.1. The molecule has 0 fully saturated rings. The van der Waals surface area contributed by atoms with Gasteiger partial charge in [-0.1, -0.05) is 12.1 Å². The largest absolute Gasteiger partial charge is 0.378 e. The monoisotopic (exact) mass is 243 g/mol. The van der Waals surface area contributed by atoms with E-state index in [1.54, 1.807) is 7.05 Å². The summed E-state index contributed by atoms with van der Waals surface area (Å²) in [5.41, 5.74) is 3.57. The van der Waals surface area contributed by atoms with Crippen molar-refractivity contribution in [1.82, 2.24) is 5.01 Å². The molecule has 4 nitrogen and oxygen atoms in total. The van der Waals surface area contributed by atoms with E-state index in [4.69, 9.17) is 0 Å². The number of likely N-dealkylation sites (N-methyl/N-ethyl adjacent to an activating group) is 1. The number of anilines is 1. The fourth-order valence-electron chi connectivity index (χ4n) is 1.85. The van der Waals surface area contributed by atoms with Crippen LogP contribution in [-0.4, -0.2) is 37.8 Å². The third kappa shape index (κ3) is 2.27. The highest BCUT2D eigenvalue weighted by Crippen LogP contribution is 2.19. The zero-order chi connectivity index (χ0) is 13.3. The molecule has 1 aliphatic rings. The number of rotatable bonds is 2. The first-order valence-corrected chi connectivity index (χ1v) is 5.82. The number of carbonyl (C=O) groups excluding carboxylic acids is 1. The van der Waals surface area contributed by atoms with Crippen LogP contribution < -0.4 is 4.90 Å². The van der Waals surface area contributed by atoms with Crippen molar-refractivity contribution in [2.24, 2.45) is 5.10 Å². The van der Waals surface area contributed by atoms with Crippen molar-refractivity contribution in [3.05, 3.63) is 35.4 Å². The molecule has 0 unspecified atom stereocenters. The second-order valence-electron chi connectivity index (χ2n) is 4.56. The van der Waals surface area contributed by atoms with Crippen LogP contribution in [0.5, 0.6) is 0 Å². The van der Waals surface area contributed by atoms with Crippen molar-refractivity contribution < 1.29 is 4.79 Å². The van der Waals surface area contributed by atoms with Gasteiger partial charge in [-0.05, 0) is 30.7 Å². The Morgan fingerprint density at radius 1 is 1.22 bits per heavy atom. The molecule has 1 aromatic carbocycles. The molecular formula is C14H17N3O. The van der Waals surface area contributed by atoms with Gasteiger partial charge in [-0.3, -0.25) is 4.79 Å². The summed E-state index contributed by atoms with van der Waals surface area (Å²) in [6, 6.07) is 8.06. The number of hydrogen-bond donors (Lipinski definition) is 0. The molecule has 1 aliphatic heterocycles. The lowest BCUT2D eigenvalue weighted by Crippen LogP contribution is -2.16. The molecule has 0 atom stereocenters. The van der Waals surface area contributed by atoms with Crippen LogP contribution in [0.4, 0.5) is 5.69 Å². The average Bonchev–Trinajstić information content (AvgIpc) is 2.57. The fraction of sp³-hybridized carbons (Fsp3) is 0.286. The predicted octanol–water partition coefficient (Wildman–Crippen LogP) is 1.98. The van der Waals surface area contributed by atoms with Crippen LogP contribution in [-0.2, 0) is 4.79 Å². The molecule has 1 amide bonds. The Morgan fingerprint density at radius 2 is 1.83 bits per heavy atom. The zero-order valence-corrected chi connectivity index (χ0v) is 11.1. The summed E-state index contributed by atoms with van der Waals surface area (Å²) in [7, 11) is 5.67. The summed E-state index contributed by atoms with van der Waals surface area (Å²) in [5.74, 6) is -0.0517. The van der Waals surface area contributed by atoms with Crippen LogP contribution in [0.2, 0.25) is 0 Å². The number of amides is 1. The highest BCUT2D eigenvalue weighted by molar-refractivity contribution is 6.26. The smallest absolute Gasteiger partial charge is 0.275 e. The summed E-state index contributed by atoms with van der Waals surface area (Å²) in [4.78, 5) is 13.9. The van der Waals surface area contributed by atoms with Crippen molar-refractivity contribution in [2.75, 3.05) is 26.0 Å². The molecule has 18 heavy (non-hydrogen) atoms. The highest BCUT2D eigenvalue weighted by Gasteiger charge is 2.23. The maximum Gasteiger partial charge on any atom is 0.275 e. The molecule has 0 bridgehead atoms. The lowest BCUT2D eigenvalue weighted by atomic mass is 10.1. The summed E-state index contributed by atoms with van der Waals surface area (Å²) in [6.45, 7) is 1.85. The van der Waals surface area contributed by atoms with Gasteiger partial charge >= 0.3 is 0 Å². The van der Waals surface area contributed by atoms with Gasteiger partial charge in [0, 0.05) is 26.8 Å². The Kier molecular flexibility index (Phi) is 3.19. The van der Waals surface area contributed by atoms with Crippen LogP contribution in [0.15, 0.2) is 34.9 Å². The molecule has 0 aliphatic carbocycles. The maximum atomic E-state index is 11.8. The van der Waals surface area contributed by atoms with Gasteiger partial charge in [0.15, 0.2) is 0 Å². The molecular weight excluding hydrogens is 226 g/mol. The molecule has 1 aromatic rings. The van der Waals surface area contributed by atoms with Crippen molar-refractivity contribution in [2.45, 2.75) is 6.92 Å². The van der Waals surface area contributed by atoms with Crippen molar-refractivity contribution >= 4 is 23.4 Å². The molecule has 0 saturated heterocycles. The second-order valence-corrected chi connectivity index (χ2v) is 4.56. The number of nitrogens with zero attached hydrogens (tertiary/aromatic N) is 3. The Morgan fingerprint density at radius 3 is 2.28 bits per heavy atom. The fourth-order valence-corrected chi connectivity index (χ4v) is 1.85. The lowest BCUT2D eigenvalue weighted by Gasteiger charge is -2.12. The van der Waals surface area contributed by atoms with Crippen LogP contribution in [0, 0.1) is 0 Å². The standard InChI is InChI=1S/C14H17N3O/c1-10-13(14(18)17(4)15-10)9-11-5-7-12(8-6-11)16(2)3/h5-9H,1-4H3. The number of benzene rings is 1. The molecule has 0 aromatic heterocycles. The minimum atomic E-state index is -0.0517. The average molecular weight is 243 g/mol. The first kappa shape index (κ1) is 12.4. The number of hydrazone groups is 1. The van der Waals surface area contributed by atoms with Crippen LogP contribution in [0.1, 0.15) is 12.5 Å². The van der Waals surface area contributed by atoms with Crippen molar-refractivity contribution in [3.8, 4) is 0 Å². The van der Waals surface area contributed by atoms with E-state index >= 15 is 0 Å². The third-order valence-corrected chi connectivity index (χ3v) is 2.93. The van der Waals surface area contributed by atoms with Gasteiger partial charge in [-0.2, -0.15) is 5.10 Å². The highest BCUT2D eigenvalue weighted by atomic mass is 16.2. The van der Waals surface area contributed by atoms with E-state index < -0.39 is 0 Å². The third-order valence-electron chi connectivity index (χ3n) is 2.93. The van der Waals surface area contributed by atoms with Gasteiger partial charge < -0.3 is 4.90 Å². The molecule has 1 heterocycles. The maximum absolute atomic E-state index is 11.8. The van der Waals surface area contributed by atoms with Crippen molar-refractivity contribution in [1.29, 1.82) is 0 Å². The Labute approximate surface area is 107 Å². The van der Waals surface area contributed by atoms with Gasteiger partial charge in [0.25, 0.3) is 5.91 Å². The molecule has 4 heteroatoms. The van der Waals surface area contributed by atoms with Gasteiger partial charge in [-0.25, -0.2) is 5.01 Å². The van der Waals surface area contributed by atoms with Crippen molar-refractivity contribution in [3.63, 3.8) is 0 Å². The molecule has 0 N–H and O–H groups in total. The van der Waals surface area contributed by atoms with Crippen LogP contribution in [0.25, 0.3) is 6.08 Å². The van der Waals surface area contributed by atoms with Crippen LogP contribution in [0.3, 0.4) is 0 Å². The van der Waals surface area contributed by atoms with Gasteiger partial charge in [0.2, 0.25) is 0 Å². The molecule has 2 rings (SSSR count). The van der Waals surface area contributed by atoms with Gasteiger partial charge in [0.05, 0.1) is 11.3 Å². The SMILES string of the molecule is CC1=NN(C)C(=O)C1=Cc1ccc(N(C)C)cc1. The molecule has 94 valence electrons. The van der Waals surface area contributed by atoms with E-state index in [1.165, 1.54) is 5.01 Å². The van der Waals surface area contributed by atoms with E-state index in [0.717, 1.165) is 17.0 Å². The van der Waals surface area contributed by atoms with Gasteiger partial charge in [-0.15, -0.1) is 0 Å². The lowest BCUT2D eigenvalue weighted by molar-refractivity contribution is -0.124. The van der Waals surface area contributed by atoms with E-state index in [1.807, 2.05) is 56.3 Å². The number of carbonyl (C=O) groups is 1. The van der Waals surface area contributed by atoms with E-state index in [-0.39, 0.29) is 5.91 Å². The quantitative estimate of drug-likeness (QED) is 0.745. The van der Waals surface area contributed by atoms with Gasteiger partial charge in [0.1, 0.15) is 0 Å². The predicted molar refractivity (Wildman–Crippen MR) is 74.6 cm³/mol. The topological polar surface area (TPSA) is 35.9 Å². The molecule has 0 saturated carbocycles.